The summed E-state index contributed by atoms with van der Waals surface area (Å²) in [5.74, 6) is 1.63. The molecule has 0 radical (unpaired) electrons. The first kappa shape index (κ1) is 14.3. The van der Waals surface area contributed by atoms with Crippen molar-refractivity contribution in [3.63, 3.8) is 0 Å². The summed E-state index contributed by atoms with van der Waals surface area (Å²) in [4.78, 5) is 11.7. The maximum atomic E-state index is 12.9. The molecule has 3 nitrogen and oxygen atoms in total. The third-order valence-electron chi connectivity index (χ3n) is 3.22. The van der Waals surface area contributed by atoms with Gasteiger partial charge in [-0.25, -0.2) is 4.39 Å². The lowest BCUT2D eigenvalue weighted by Crippen LogP contribution is -2.32. The van der Waals surface area contributed by atoms with E-state index in [-0.39, 0.29) is 11.7 Å². The number of hydrogen-bond donors (Lipinski definition) is 1. The van der Waals surface area contributed by atoms with Gasteiger partial charge in [0.25, 0.3) is 0 Å². The second-order valence-corrected chi connectivity index (χ2v) is 5.80. The second-order valence-electron chi connectivity index (χ2n) is 4.77. The molecule has 1 aliphatic rings. The second kappa shape index (κ2) is 6.91. The number of ether oxygens (including phenoxy) is 1. The van der Waals surface area contributed by atoms with Crippen LogP contribution >= 0.6 is 11.8 Å². The molecule has 0 atom stereocenters. The first-order valence-electron chi connectivity index (χ1n) is 6.33. The molecule has 1 aromatic carbocycles. The maximum Gasteiger partial charge on any atom is 0.234 e. The van der Waals surface area contributed by atoms with Gasteiger partial charge in [0.15, 0.2) is 0 Å². The number of methoxy groups -OCH3 is 1. The molecule has 0 bridgehead atoms. The lowest BCUT2D eigenvalue weighted by molar-refractivity contribution is -0.113. The summed E-state index contributed by atoms with van der Waals surface area (Å²) in [5, 5.41) is 2.69. The Balaban J connectivity index is 1.62. The Labute approximate surface area is 116 Å². The summed E-state index contributed by atoms with van der Waals surface area (Å²) >= 11 is 1.62. The highest BCUT2D eigenvalue weighted by Crippen LogP contribution is 2.32. The van der Waals surface area contributed by atoms with Gasteiger partial charge in [-0.15, -0.1) is 0 Å². The minimum Gasteiger partial charge on any atom is -0.381 e. The predicted octanol–water partition coefficient (Wildman–Crippen LogP) is 2.92. The number of amides is 1. The van der Waals surface area contributed by atoms with Crippen molar-refractivity contribution < 1.29 is 13.9 Å². The molecule has 0 spiro atoms. The van der Waals surface area contributed by atoms with E-state index >= 15 is 0 Å². The number of carbonyl (C=O) groups excluding carboxylic acids is 1. The van der Waals surface area contributed by atoms with Crippen molar-refractivity contribution in [3.05, 3.63) is 30.1 Å². The topological polar surface area (TPSA) is 38.3 Å². The van der Waals surface area contributed by atoms with E-state index in [0.717, 1.165) is 18.6 Å². The van der Waals surface area contributed by atoms with E-state index in [9.17, 15) is 9.18 Å². The van der Waals surface area contributed by atoms with Gasteiger partial charge in [-0.3, -0.25) is 4.79 Å². The predicted molar refractivity (Wildman–Crippen MR) is 75.9 cm³/mol. The van der Waals surface area contributed by atoms with Gasteiger partial charge in [0.05, 0.1) is 11.9 Å². The van der Waals surface area contributed by atoms with Crippen LogP contribution < -0.4 is 5.32 Å². The lowest BCUT2D eigenvalue weighted by Gasteiger charge is -2.33. The van der Waals surface area contributed by atoms with Gasteiger partial charge in [0.1, 0.15) is 5.82 Å². The Bertz CT molecular complexity index is 435. The van der Waals surface area contributed by atoms with E-state index < -0.39 is 0 Å². The summed E-state index contributed by atoms with van der Waals surface area (Å²) < 4.78 is 18.1. The molecular weight excluding hydrogens is 265 g/mol. The SMILES string of the molecule is COC1CC(CSCC(=O)Nc2cccc(F)c2)C1. The molecule has 104 valence electrons. The van der Waals surface area contributed by atoms with Gasteiger partial charge < -0.3 is 10.1 Å². The standard InChI is InChI=1S/C14H18FNO2S/c1-18-13-5-10(6-13)8-19-9-14(17)16-12-4-2-3-11(15)7-12/h2-4,7,10,13H,5-6,8-9H2,1H3,(H,16,17). The van der Waals surface area contributed by atoms with Crippen LogP contribution in [-0.2, 0) is 9.53 Å². The molecule has 0 aliphatic heterocycles. The van der Waals surface area contributed by atoms with E-state index in [1.54, 1.807) is 31.0 Å². The van der Waals surface area contributed by atoms with Gasteiger partial charge >= 0.3 is 0 Å². The van der Waals surface area contributed by atoms with E-state index in [1.807, 2.05) is 0 Å². The molecule has 1 N–H and O–H groups in total. The molecule has 0 heterocycles. The number of anilines is 1. The zero-order valence-electron chi connectivity index (χ0n) is 10.9. The highest BCUT2D eigenvalue weighted by Gasteiger charge is 2.28. The summed E-state index contributed by atoms with van der Waals surface area (Å²) in [6.07, 6.45) is 2.59. The number of halogens is 1. The van der Waals surface area contributed by atoms with Gasteiger partial charge in [0, 0.05) is 12.8 Å². The van der Waals surface area contributed by atoms with Crippen molar-refractivity contribution in [1.29, 1.82) is 0 Å². The van der Waals surface area contributed by atoms with E-state index in [2.05, 4.69) is 5.32 Å². The number of hydrogen-bond acceptors (Lipinski definition) is 3. The summed E-state index contributed by atoms with van der Waals surface area (Å²) in [6, 6.07) is 5.93. The maximum absolute atomic E-state index is 12.9. The van der Waals surface area contributed by atoms with Crippen molar-refractivity contribution in [2.45, 2.75) is 18.9 Å². The molecule has 19 heavy (non-hydrogen) atoms. The molecule has 2 rings (SSSR count). The molecule has 0 unspecified atom stereocenters. The molecule has 1 amide bonds. The Hall–Kier alpha value is -1.07. The van der Waals surface area contributed by atoms with Crippen molar-refractivity contribution >= 4 is 23.4 Å². The Kier molecular flexibility index (Phi) is 5.22. The van der Waals surface area contributed by atoms with Crippen LogP contribution in [0.4, 0.5) is 10.1 Å². The molecule has 1 aliphatic carbocycles. The van der Waals surface area contributed by atoms with Crippen LogP contribution in [-0.4, -0.2) is 30.6 Å². The van der Waals surface area contributed by atoms with Crippen molar-refractivity contribution in [1.82, 2.24) is 0 Å². The zero-order valence-corrected chi connectivity index (χ0v) is 11.7. The lowest BCUT2D eigenvalue weighted by atomic mass is 9.84. The van der Waals surface area contributed by atoms with Crippen LogP contribution in [0.25, 0.3) is 0 Å². The van der Waals surface area contributed by atoms with Crippen LogP contribution in [0.15, 0.2) is 24.3 Å². The average Bonchev–Trinajstić information content (AvgIpc) is 2.32. The van der Waals surface area contributed by atoms with Crippen LogP contribution in [0, 0.1) is 11.7 Å². The number of rotatable bonds is 6. The summed E-state index contributed by atoms with van der Waals surface area (Å²) in [7, 11) is 1.74. The fourth-order valence-electron chi connectivity index (χ4n) is 2.08. The van der Waals surface area contributed by atoms with E-state index in [4.69, 9.17) is 4.74 Å². The summed E-state index contributed by atoms with van der Waals surface area (Å²) in [5.41, 5.74) is 0.508. The minimum atomic E-state index is -0.342. The fourth-order valence-corrected chi connectivity index (χ4v) is 3.07. The molecule has 1 fully saturated rings. The van der Waals surface area contributed by atoms with Crippen LogP contribution in [0.2, 0.25) is 0 Å². The minimum absolute atomic E-state index is 0.0850. The summed E-state index contributed by atoms with van der Waals surface area (Å²) in [6.45, 7) is 0. The monoisotopic (exact) mass is 283 g/mol. The molecule has 0 saturated heterocycles. The third-order valence-corrected chi connectivity index (χ3v) is 4.39. The molecule has 5 heteroatoms. The molecule has 1 aromatic rings. The number of thioether (sulfide) groups is 1. The van der Waals surface area contributed by atoms with Gasteiger partial charge in [0.2, 0.25) is 5.91 Å². The van der Waals surface area contributed by atoms with Gasteiger partial charge in [-0.05, 0) is 42.7 Å². The normalized spacial score (nSPS) is 21.8. The number of nitrogens with one attached hydrogen (secondary N) is 1. The van der Waals surface area contributed by atoms with E-state index in [1.165, 1.54) is 12.1 Å². The zero-order chi connectivity index (χ0) is 13.7. The quantitative estimate of drug-likeness (QED) is 0.872. The molecule has 0 aromatic heterocycles. The first-order valence-corrected chi connectivity index (χ1v) is 7.49. The van der Waals surface area contributed by atoms with Crippen LogP contribution in [0.3, 0.4) is 0 Å². The third kappa shape index (κ3) is 4.51. The van der Waals surface area contributed by atoms with Crippen molar-refractivity contribution in [2.75, 3.05) is 23.9 Å². The van der Waals surface area contributed by atoms with Crippen LogP contribution in [0.5, 0.6) is 0 Å². The number of carbonyl (C=O) groups is 1. The van der Waals surface area contributed by atoms with E-state index in [0.29, 0.717) is 23.5 Å². The molecular formula is C14H18FNO2S. The molecule has 1 saturated carbocycles. The van der Waals surface area contributed by atoms with Gasteiger partial charge in [-0.2, -0.15) is 11.8 Å². The Morgan fingerprint density at radius 1 is 1.53 bits per heavy atom. The Morgan fingerprint density at radius 2 is 2.32 bits per heavy atom. The highest BCUT2D eigenvalue weighted by molar-refractivity contribution is 7.99. The van der Waals surface area contributed by atoms with Gasteiger partial charge in [-0.1, -0.05) is 6.07 Å². The van der Waals surface area contributed by atoms with Crippen LogP contribution in [0.1, 0.15) is 12.8 Å². The first-order chi connectivity index (χ1) is 9.17. The largest absolute Gasteiger partial charge is 0.381 e. The fraction of sp³-hybridized carbons (Fsp3) is 0.500. The Morgan fingerprint density at radius 3 is 3.00 bits per heavy atom. The van der Waals surface area contributed by atoms with Crippen molar-refractivity contribution in [2.24, 2.45) is 5.92 Å². The average molecular weight is 283 g/mol. The number of benzene rings is 1. The highest BCUT2D eigenvalue weighted by atomic mass is 32.2. The smallest absolute Gasteiger partial charge is 0.234 e. The van der Waals surface area contributed by atoms with Crippen molar-refractivity contribution in [3.8, 4) is 0 Å².